The van der Waals surface area contributed by atoms with Gasteiger partial charge in [-0.05, 0) is 51.0 Å². The van der Waals surface area contributed by atoms with Crippen LogP contribution in [0.2, 0.25) is 0 Å². The highest BCUT2D eigenvalue weighted by Gasteiger charge is 2.16. The molecule has 1 aromatic carbocycles. The Morgan fingerprint density at radius 2 is 1.75 bits per heavy atom. The molecule has 128 valence electrons. The first-order chi connectivity index (χ1) is 11.4. The Bertz CT molecular complexity index is 694. The first-order valence-corrected chi connectivity index (χ1v) is 8.67. The van der Waals surface area contributed by atoms with Gasteiger partial charge in [0, 0.05) is 17.9 Å². The van der Waals surface area contributed by atoms with E-state index < -0.39 is 0 Å². The molecule has 0 aliphatic carbocycles. The van der Waals surface area contributed by atoms with Gasteiger partial charge < -0.3 is 10.1 Å². The molecule has 0 bridgehead atoms. The van der Waals surface area contributed by atoms with E-state index in [2.05, 4.69) is 15.3 Å². The van der Waals surface area contributed by atoms with Gasteiger partial charge in [0.15, 0.2) is 5.16 Å². The Morgan fingerprint density at radius 3 is 2.29 bits per heavy atom. The van der Waals surface area contributed by atoms with Crippen molar-refractivity contribution >= 4 is 17.7 Å². The molecule has 1 aromatic heterocycles. The fourth-order valence-corrected chi connectivity index (χ4v) is 2.97. The number of aromatic nitrogens is 2. The topological polar surface area (TPSA) is 64.1 Å². The Morgan fingerprint density at radius 1 is 1.17 bits per heavy atom. The molecule has 2 rings (SSSR count). The number of thioether (sulfide) groups is 1. The molecule has 1 atom stereocenters. The molecular formula is C18H23N3O2S. The quantitative estimate of drug-likeness (QED) is 0.643. The Balaban J connectivity index is 1.92. The van der Waals surface area contributed by atoms with E-state index in [0.29, 0.717) is 11.7 Å². The number of hydrogen-bond acceptors (Lipinski definition) is 5. The zero-order valence-electron chi connectivity index (χ0n) is 14.7. The second kappa shape index (κ2) is 8.15. The number of methoxy groups -OCH3 is 1. The van der Waals surface area contributed by atoms with Crippen LogP contribution in [0.25, 0.3) is 0 Å². The van der Waals surface area contributed by atoms with Crippen LogP contribution in [0.5, 0.6) is 5.75 Å². The predicted octanol–water partition coefficient (Wildman–Crippen LogP) is 3.21. The Kier molecular flexibility index (Phi) is 6.20. The van der Waals surface area contributed by atoms with Crippen molar-refractivity contribution in [2.24, 2.45) is 0 Å². The van der Waals surface area contributed by atoms with E-state index in [1.165, 1.54) is 11.8 Å². The van der Waals surface area contributed by atoms with Gasteiger partial charge in [-0.1, -0.05) is 23.9 Å². The first kappa shape index (κ1) is 18.3. The standard InChI is InChI=1S/C18H23N3O2S/c1-11-12(2)20-18(21-13(11)3)24-14(4)17(22)19-10-15-6-8-16(23-5)9-7-15/h6-9,14H,10H2,1-5H3,(H,19,22)/t14-/m0/s1. The van der Waals surface area contributed by atoms with Crippen molar-refractivity contribution in [2.45, 2.75) is 44.6 Å². The monoisotopic (exact) mass is 345 g/mol. The molecule has 0 saturated heterocycles. The Hall–Kier alpha value is -2.08. The molecule has 1 N–H and O–H groups in total. The summed E-state index contributed by atoms with van der Waals surface area (Å²) in [6, 6.07) is 7.64. The van der Waals surface area contributed by atoms with Crippen molar-refractivity contribution in [3.63, 3.8) is 0 Å². The fraction of sp³-hybridized carbons (Fsp3) is 0.389. The maximum absolute atomic E-state index is 12.3. The van der Waals surface area contributed by atoms with Crippen LogP contribution in [0.15, 0.2) is 29.4 Å². The second-order valence-electron chi connectivity index (χ2n) is 5.63. The van der Waals surface area contributed by atoms with Crippen LogP contribution in [0, 0.1) is 20.8 Å². The smallest absolute Gasteiger partial charge is 0.233 e. The average molecular weight is 345 g/mol. The third-order valence-electron chi connectivity index (χ3n) is 3.89. The lowest BCUT2D eigenvalue weighted by atomic mass is 10.2. The van der Waals surface area contributed by atoms with Crippen molar-refractivity contribution in [3.05, 3.63) is 46.8 Å². The van der Waals surface area contributed by atoms with Crippen molar-refractivity contribution in [1.82, 2.24) is 15.3 Å². The molecule has 2 aromatic rings. The lowest BCUT2D eigenvalue weighted by molar-refractivity contribution is -0.120. The minimum Gasteiger partial charge on any atom is -0.497 e. The summed E-state index contributed by atoms with van der Waals surface area (Å²) >= 11 is 1.38. The number of benzene rings is 1. The van der Waals surface area contributed by atoms with Gasteiger partial charge in [0.25, 0.3) is 0 Å². The predicted molar refractivity (Wildman–Crippen MR) is 96.4 cm³/mol. The minimum atomic E-state index is -0.259. The number of nitrogens with zero attached hydrogens (tertiary/aromatic N) is 2. The van der Waals surface area contributed by atoms with Crippen molar-refractivity contribution in [2.75, 3.05) is 7.11 Å². The van der Waals surface area contributed by atoms with Gasteiger partial charge in [0.1, 0.15) is 5.75 Å². The SMILES string of the molecule is COc1ccc(CNC(=O)[C@H](C)Sc2nc(C)c(C)c(C)n2)cc1. The molecule has 0 unspecified atom stereocenters. The van der Waals surface area contributed by atoms with E-state index in [9.17, 15) is 4.79 Å². The van der Waals surface area contributed by atoms with Gasteiger partial charge in [-0.3, -0.25) is 4.79 Å². The maximum atomic E-state index is 12.3. The first-order valence-electron chi connectivity index (χ1n) is 7.80. The molecular weight excluding hydrogens is 322 g/mol. The molecule has 1 heterocycles. The number of hydrogen-bond donors (Lipinski definition) is 1. The van der Waals surface area contributed by atoms with Crippen molar-refractivity contribution in [3.8, 4) is 5.75 Å². The minimum absolute atomic E-state index is 0.0321. The third-order valence-corrected chi connectivity index (χ3v) is 4.85. The number of carbonyl (C=O) groups is 1. The van der Waals surface area contributed by atoms with Gasteiger partial charge in [-0.15, -0.1) is 0 Å². The molecule has 6 heteroatoms. The zero-order chi connectivity index (χ0) is 17.7. The number of carbonyl (C=O) groups excluding carboxylic acids is 1. The van der Waals surface area contributed by atoms with E-state index in [1.54, 1.807) is 7.11 Å². The van der Waals surface area contributed by atoms with Crippen LogP contribution in [0.1, 0.15) is 29.4 Å². The highest BCUT2D eigenvalue weighted by Crippen LogP contribution is 2.22. The second-order valence-corrected chi connectivity index (χ2v) is 6.94. The fourth-order valence-electron chi connectivity index (χ4n) is 2.08. The van der Waals surface area contributed by atoms with Crippen molar-refractivity contribution < 1.29 is 9.53 Å². The zero-order valence-corrected chi connectivity index (χ0v) is 15.5. The number of rotatable bonds is 6. The van der Waals surface area contributed by atoms with Crippen LogP contribution < -0.4 is 10.1 Å². The van der Waals surface area contributed by atoms with E-state index >= 15 is 0 Å². The maximum Gasteiger partial charge on any atom is 0.233 e. The van der Waals surface area contributed by atoms with Gasteiger partial charge >= 0.3 is 0 Å². The van der Waals surface area contributed by atoms with Crippen molar-refractivity contribution in [1.29, 1.82) is 0 Å². The number of aryl methyl sites for hydroxylation is 2. The van der Waals surface area contributed by atoms with Crippen LogP contribution in [0.4, 0.5) is 0 Å². The molecule has 0 radical (unpaired) electrons. The largest absolute Gasteiger partial charge is 0.497 e. The summed E-state index contributed by atoms with van der Waals surface area (Å²) in [6.45, 7) is 8.28. The van der Waals surface area contributed by atoms with Gasteiger partial charge in [0.05, 0.1) is 12.4 Å². The van der Waals surface area contributed by atoms with Crippen LogP contribution in [-0.4, -0.2) is 28.2 Å². The van der Waals surface area contributed by atoms with E-state index in [1.807, 2.05) is 52.0 Å². The number of nitrogens with one attached hydrogen (secondary N) is 1. The summed E-state index contributed by atoms with van der Waals surface area (Å²) in [5, 5.41) is 3.32. The van der Waals surface area contributed by atoms with E-state index in [-0.39, 0.29) is 11.2 Å². The molecule has 0 aliphatic rings. The third kappa shape index (κ3) is 4.71. The Labute approximate surface area is 147 Å². The van der Waals surface area contributed by atoms with E-state index in [0.717, 1.165) is 28.3 Å². The highest BCUT2D eigenvalue weighted by atomic mass is 32.2. The molecule has 0 fully saturated rings. The molecule has 24 heavy (non-hydrogen) atoms. The summed E-state index contributed by atoms with van der Waals surface area (Å²) in [7, 11) is 1.63. The molecule has 1 amide bonds. The average Bonchev–Trinajstić information content (AvgIpc) is 2.57. The lowest BCUT2D eigenvalue weighted by Crippen LogP contribution is -2.30. The summed E-state index contributed by atoms with van der Waals surface area (Å²) in [5.41, 5.74) is 4.03. The summed E-state index contributed by atoms with van der Waals surface area (Å²) in [5.74, 6) is 0.770. The van der Waals surface area contributed by atoms with Crippen LogP contribution >= 0.6 is 11.8 Å². The van der Waals surface area contributed by atoms with Crippen LogP contribution in [0.3, 0.4) is 0 Å². The normalized spacial score (nSPS) is 11.9. The molecule has 0 aliphatic heterocycles. The van der Waals surface area contributed by atoms with Gasteiger partial charge in [-0.2, -0.15) is 0 Å². The van der Waals surface area contributed by atoms with Gasteiger partial charge in [-0.25, -0.2) is 9.97 Å². The van der Waals surface area contributed by atoms with E-state index in [4.69, 9.17) is 4.74 Å². The summed E-state index contributed by atoms with van der Waals surface area (Å²) < 4.78 is 5.12. The summed E-state index contributed by atoms with van der Waals surface area (Å²) in [6.07, 6.45) is 0. The molecule has 5 nitrogen and oxygen atoms in total. The summed E-state index contributed by atoms with van der Waals surface area (Å²) in [4.78, 5) is 21.2. The lowest BCUT2D eigenvalue weighted by Gasteiger charge is -2.13. The highest BCUT2D eigenvalue weighted by molar-refractivity contribution is 8.00. The number of amides is 1. The molecule has 0 saturated carbocycles. The molecule has 0 spiro atoms. The number of ether oxygens (including phenoxy) is 1. The van der Waals surface area contributed by atoms with Crippen LogP contribution in [-0.2, 0) is 11.3 Å². The van der Waals surface area contributed by atoms with Gasteiger partial charge in [0.2, 0.25) is 5.91 Å².